The molecule has 1 unspecified atom stereocenters. The van der Waals surface area contributed by atoms with Crippen LogP contribution in [0.2, 0.25) is 0 Å². The van der Waals surface area contributed by atoms with Gasteiger partial charge in [0, 0.05) is 12.3 Å². The monoisotopic (exact) mass is 313 g/mol. The fraction of sp³-hybridized carbons (Fsp3) is 0.500. The molecule has 0 bridgehead atoms. The number of sulfone groups is 1. The molecule has 2 rings (SSSR count). The summed E-state index contributed by atoms with van der Waals surface area (Å²) in [6.07, 6.45) is 3.25. The third-order valence-corrected chi connectivity index (χ3v) is 4.30. The smallest absolute Gasteiger partial charge is 0.326 e. The van der Waals surface area contributed by atoms with Crippen molar-refractivity contribution in [2.24, 2.45) is 0 Å². The Morgan fingerprint density at radius 3 is 2.43 bits per heavy atom. The second-order valence-corrected chi connectivity index (χ2v) is 7.09. The van der Waals surface area contributed by atoms with Crippen LogP contribution in [0, 0.1) is 0 Å². The molecule has 1 aliphatic carbocycles. The van der Waals surface area contributed by atoms with E-state index >= 15 is 0 Å². The molecule has 0 heterocycles. The highest BCUT2D eigenvalue weighted by Crippen LogP contribution is 2.20. The van der Waals surface area contributed by atoms with Crippen LogP contribution >= 0.6 is 0 Å². The van der Waals surface area contributed by atoms with Crippen molar-refractivity contribution < 1.29 is 22.7 Å². The number of carbonyl (C=O) groups excluding carboxylic acids is 1. The van der Waals surface area contributed by atoms with E-state index in [4.69, 9.17) is 9.47 Å². The molecular formula is C14H19NO5S. The molecule has 1 fully saturated rings. The van der Waals surface area contributed by atoms with Gasteiger partial charge in [-0.05, 0) is 37.1 Å². The van der Waals surface area contributed by atoms with E-state index in [2.05, 4.69) is 5.32 Å². The lowest BCUT2D eigenvalue weighted by atomic mass is 10.3. The second kappa shape index (κ2) is 6.44. The fourth-order valence-electron chi connectivity index (χ4n) is 1.82. The Morgan fingerprint density at radius 2 is 1.95 bits per heavy atom. The first-order valence-electron chi connectivity index (χ1n) is 6.67. The number of nitrogens with one attached hydrogen (secondary N) is 1. The summed E-state index contributed by atoms with van der Waals surface area (Å²) in [4.78, 5) is 11.9. The Balaban J connectivity index is 1.95. The van der Waals surface area contributed by atoms with Gasteiger partial charge in [-0.3, -0.25) is 10.1 Å². The average Bonchev–Trinajstić information content (AvgIpc) is 3.26. The molecule has 1 saturated carbocycles. The first-order valence-corrected chi connectivity index (χ1v) is 8.56. The van der Waals surface area contributed by atoms with Crippen molar-refractivity contribution in [3.63, 3.8) is 0 Å². The van der Waals surface area contributed by atoms with Gasteiger partial charge in [0.25, 0.3) is 0 Å². The molecule has 21 heavy (non-hydrogen) atoms. The highest BCUT2D eigenvalue weighted by atomic mass is 32.2. The minimum Gasteiger partial charge on any atom is -0.491 e. The van der Waals surface area contributed by atoms with Crippen molar-refractivity contribution in [2.45, 2.75) is 29.8 Å². The molecule has 1 atom stereocenters. The fourth-order valence-corrected chi connectivity index (χ4v) is 2.45. The predicted molar refractivity (Wildman–Crippen MR) is 77.0 cm³/mol. The number of methoxy groups -OCH3 is 1. The zero-order valence-corrected chi connectivity index (χ0v) is 12.9. The molecule has 0 amide bonds. The summed E-state index contributed by atoms with van der Waals surface area (Å²) >= 11 is 0. The topological polar surface area (TPSA) is 81.7 Å². The van der Waals surface area contributed by atoms with Gasteiger partial charge in [-0.2, -0.15) is 0 Å². The largest absolute Gasteiger partial charge is 0.491 e. The molecule has 0 aromatic heterocycles. The molecule has 116 valence electrons. The summed E-state index contributed by atoms with van der Waals surface area (Å²) in [5.41, 5.74) is 0. The van der Waals surface area contributed by atoms with Crippen molar-refractivity contribution in [2.75, 3.05) is 20.0 Å². The third kappa shape index (κ3) is 4.71. The number of esters is 1. The first kappa shape index (κ1) is 15.8. The highest BCUT2D eigenvalue weighted by molar-refractivity contribution is 7.90. The molecule has 1 aromatic rings. The van der Waals surface area contributed by atoms with Crippen LogP contribution in [-0.2, 0) is 19.4 Å². The van der Waals surface area contributed by atoms with Crippen LogP contribution in [0.25, 0.3) is 0 Å². The van der Waals surface area contributed by atoms with Gasteiger partial charge in [-0.1, -0.05) is 0 Å². The van der Waals surface area contributed by atoms with E-state index in [1.807, 2.05) is 0 Å². The lowest BCUT2D eigenvalue weighted by molar-refractivity contribution is -0.144. The molecule has 7 heteroatoms. The van der Waals surface area contributed by atoms with Crippen molar-refractivity contribution in [1.29, 1.82) is 0 Å². The van der Waals surface area contributed by atoms with Crippen LogP contribution in [0.15, 0.2) is 29.2 Å². The van der Waals surface area contributed by atoms with E-state index in [0.717, 1.165) is 19.1 Å². The molecule has 1 aromatic carbocycles. The summed E-state index contributed by atoms with van der Waals surface area (Å²) in [5, 5.41) is 3.15. The van der Waals surface area contributed by atoms with Crippen molar-refractivity contribution in [3.05, 3.63) is 24.3 Å². The Morgan fingerprint density at radius 1 is 1.33 bits per heavy atom. The molecule has 0 radical (unpaired) electrons. The number of benzene rings is 1. The molecule has 1 aliphatic rings. The minimum atomic E-state index is -3.22. The van der Waals surface area contributed by atoms with Gasteiger partial charge < -0.3 is 9.47 Å². The Hall–Kier alpha value is -1.60. The first-order chi connectivity index (χ1) is 9.90. The lowest BCUT2D eigenvalue weighted by Gasteiger charge is -2.17. The van der Waals surface area contributed by atoms with E-state index in [-0.39, 0.29) is 17.5 Å². The SMILES string of the molecule is COC(=O)C(COc1ccc(S(C)(=O)=O)cc1)NC1CC1. The number of carbonyl (C=O) groups is 1. The van der Waals surface area contributed by atoms with Crippen LogP contribution in [0.4, 0.5) is 0 Å². The van der Waals surface area contributed by atoms with Gasteiger partial charge in [0.1, 0.15) is 18.4 Å². The van der Waals surface area contributed by atoms with Crippen LogP contribution in [0.3, 0.4) is 0 Å². The normalized spacial score (nSPS) is 16.3. The molecule has 6 nitrogen and oxygen atoms in total. The summed E-state index contributed by atoms with van der Waals surface area (Å²) in [7, 11) is -1.88. The maximum Gasteiger partial charge on any atom is 0.326 e. The quantitative estimate of drug-likeness (QED) is 0.749. The van der Waals surface area contributed by atoms with Crippen molar-refractivity contribution in [1.82, 2.24) is 5.32 Å². The van der Waals surface area contributed by atoms with E-state index < -0.39 is 15.9 Å². The van der Waals surface area contributed by atoms with E-state index in [1.165, 1.54) is 19.2 Å². The predicted octanol–water partition coefficient (Wildman–Crippen LogP) is 0.762. The van der Waals surface area contributed by atoms with Crippen LogP contribution < -0.4 is 10.1 Å². The second-order valence-electron chi connectivity index (χ2n) is 5.07. The molecule has 0 saturated heterocycles. The zero-order valence-electron chi connectivity index (χ0n) is 12.0. The van der Waals surface area contributed by atoms with E-state index in [0.29, 0.717) is 11.8 Å². The van der Waals surface area contributed by atoms with Gasteiger partial charge in [0.2, 0.25) is 0 Å². The van der Waals surface area contributed by atoms with Gasteiger partial charge in [0.05, 0.1) is 12.0 Å². The van der Waals surface area contributed by atoms with Gasteiger partial charge >= 0.3 is 5.97 Å². The van der Waals surface area contributed by atoms with Crippen LogP contribution in [0.1, 0.15) is 12.8 Å². The molecular weight excluding hydrogens is 294 g/mol. The maximum absolute atomic E-state index is 11.6. The molecule has 1 N–H and O–H groups in total. The number of hydrogen-bond donors (Lipinski definition) is 1. The summed E-state index contributed by atoms with van der Waals surface area (Å²) in [6.45, 7) is 0.140. The molecule has 0 aliphatic heterocycles. The third-order valence-electron chi connectivity index (χ3n) is 3.17. The Bertz CT molecular complexity index is 592. The summed E-state index contributed by atoms with van der Waals surface area (Å²) < 4.78 is 33.0. The van der Waals surface area contributed by atoms with Crippen LogP contribution in [-0.4, -0.2) is 46.4 Å². The number of hydrogen-bond acceptors (Lipinski definition) is 6. The molecule has 0 spiro atoms. The Kier molecular flexibility index (Phi) is 4.84. The van der Waals surface area contributed by atoms with E-state index in [1.54, 1.807) is 12.1 Å². The Labute approximate surface area is 124 Å². The number of ether oxygens (including phenoxy) is 2. The van der Waals surface area contributed by atoms with Crippen molar-refractivity contribution >= 4 is 15.8 Å². The standard InChI is InChI=1S/C14H19NO5S/c1-19-14(16)13(15-10-3-4-10)9-20-11-5-7-12(8-6-11)21(2,17)18/h5-8,10,13,15H,3-4,9H2,1-2H3. The van der Waals surface area contributed by atoms with Gasteiger partial charge in [-0.15, -0.1) is 0 Å². The number of rotatable bonds is 7. The van der Waals surface area contributed by atoms with E-state index in [9.17, 15) is 13.2 Å². The average molecular weight is 313 g/mol. The van der Waals surface area contributed by atoms with Gasteiger partial charge in [-0.25, -0.2) is 8.42 Å². The zero-order chi connectivity index (χ0) is 15.5. The summed E-state index contributed by atoms with van der Waals surface area (Å²) in [5.74, 6) is 0.142. The minimum absolute atomic E-state index is 0.140. The van der Waals surface area contributed by atoms with Crippen LogP contribution in [0.5, 0.6) is 5.75 Å². The van der Waals surface area contributed by atoms with Gasteiger partial charge in [0.15, 0.2) is 9.84 Å². The summed E-state index contributed by atoms with van der Waals surface area (Å²) in [6, 6.07) is 5.93. The maximum atomic E-state index is 11.6. The highest BCUT2D eigenvalue weighted by Gasteiger charge is 2.29. The van der Waals surface area contributed by atoms with Crippen molar-refractivity contribution in [3.8, 4) is 5.75 Å². The lowest BCUT2D eigenvalue weighted by Crippen LogP contribution is -2.43.